The van der Waals surface area contributed by atoms with Crippen molar-refractivity contribution < 1.29 is 9.47 Å². The smallest absolute Gasteiger partial charge is 0.120 e. The van der Waals surface area contributed by atoms with Gasteiger partial charge >= 0.3 is 0 Å². The van der Waals surface area contributed by atoms with Gasteiger partial charge in [0.1, 0.15) is 17.1 Å². The summed E-state index contributed by atoms with van der Waals surface area (Å²) in [6, 6.07) is 17.1. The summed E-state index contributed by atoms with van der Waals surface area (Å²) in [5.74, 6) is 1.88. The Labute approximate surface area is 165 Å². The monoisotopic (exact) mass is 368 g/mol. The molecule has 0 radical (unpaired) electrons. The van der Waals surface area contributed by atoms with Gasteiger partial charge in [-0.1, -0.05) is 58.9 Å². The molecule has 0 spiro atoms. The van der Waals surface area contributed by atoms with Crippen LogP contribution in [0.5, 0.6) is 11.5 Å². The first-order valence-corrected chi connectivity index (χ1v) is 10.3. The largest absolute Gasteiger partial charge is 0.491 e. The molecule has 0 fully saturated rings. The molecule has 0 aromatic heterocycles. The van der Waals surface area contributed by atoms with Crippen molar-refractivity contribution in [3.63, 3.8) is 0 Å². The Morgan fingerprint density at radius 3 is 1.59 bits per heavy atom. The number of benzene rings is 2. The molecule has 0 N–H and O–H groups in total. The van der Waals surface area contributed by atoms with Crippen LogP contribution in [0.25, 0.3) is 0 Å². The molecule has 0 aliphatic rings. The first-order chi connectivity index (χ1) is 12.7. The molecule has 0 aliphatic heterocycles. The Morgan fingerprint density at radius 1 is 0.741 bits per heavy atom. The predicted molar refractivity (Wildman–Crippen MR) is 115 cm³/mol. The van der Waals surface area contributed by atoms with Crippen LogP contribution in [0.1, 0.15) is 78.9 Å². The van der Waals surface area contributed by atoms with Gasteiger partial charge in [-0.2, -0.15) is 0 Å². The van der Waals surface area contributed by atoms with Crippen molar-refractivity contribution in [1.29, 1.82) is 0 Å². The van der Waals surface area contributed by atoms with Crippen molar-refractivity contribution in [2.24, 2.45) is 0 Å². The summed E-state index contributed by atoms with van der Waals surface area (Å²) in [5, 5.41) is 0. The van der Waals surface area contributed by atoms with Gasteiger partial charge in [-0.05, 0) is 68.5 Å². The highest BCUT2D eigenvalue weighted by Crippen LogP contribution is 2.34. The quantitative estimate of drug-likeness (QED) is 0.468. The van der Waals surface area contributed by atoms with E-state index < -0.39 is 0 Å². The lowest BCUT2D eigenvalue weighted by molar-refractivity contribution is 0.0802. The SMILES string of the molecule is CCC(C)Oc1ccc(C(C)(C)c2ccc(OC(C)(CC)CC)cc2)cc1. The van der Waals surface area contributed by atoms with Crippen LogP contribution in [0.4, 0.5) is 0 Å². The Morgan fingerprint density at radius 2 is 1.19 bits per heavy atom. The highest BCUT2D eigenvalue weighted by atomic mass is 16.5. The fraction of sp³-hybridized carbons (Fsp3) is 0.520. The molecule has 2 heteroatoms. The number of hydrogen-bond acceptors (Lipinski definition) is 2. The first kappa shape index (κ1) is 21.3. The summed E-state index contributed by atoms with van der Waals surface area (Å²) >= 11 is 0. The van der Waals surface area contributed by atoms with Gasteiger partial charge in [-0.3, -0.25) is 0 Å². The molecule has 0 bridgehead atoms. The Bertz CT molecular complexity index is 694. The number of ether oxygens (including phenoxy) is 2. The van der Waals surface area contributed by atoms with Crippen LogP contribution in [0, 0.1) is 0 Å². The molecule has 2 rings (SSSR count). The van der Waals surface area contributed by atoms with Crippen molar-refractivity contribution >= 4 is 0 Å². The highest BCUT2D eigenvalue weighted by molar-refractivity contribution is 5.42. The van der Waals surface area contributed by atoms with E-state index in [0.29, 0.717) is 0 Å². The molecule has 2 nitrogen and oxygen atoms in total. The van der Waals surface area contributed by atoms with Gasteiger partial charge < -0.3 is 9.47 Å². The second kappa shape index (κ2) is 8.82. The van der Waals surface area contributed by atoms with E-state index in [9.17, 15) is 0 Å². The van der Waals surface area contributed by atoms with Gasteiger partial charge in [-0.25, -0.2) is 0 Å². The van der Waals surface area contributed by atoms with Crippen LogP contribution < -0.4 is 9.47 Å². The van der Waals surface area contributed by atoms with E-state index in [0.717, 1.165) is 30.8 Å². The minimum atomic E-state index is -0.0948. The molecule has 1 atom stereocenters. The topological polar surface area (TPSA) is 18.5 Å². The minimum absolute atomic E-state index is 0.0771. The van der Waals surface area contributed by atoms with Crippen LogP contribution in [0.3, 0.4) is 0 Å². The number of hydrogen-bond donors (Lipinski definition) is 0. The van der Waals surface area contributed by atoms with Gasteiger partial charge in [0.05, 0.1) is 6.10 Å². The van der Waals surface area contributed by atoms with E-state index in [1.54, 1.807) is 0 Å². The average Bonchev–Trinajstić information content (AvgIpc) is 2.68. The molecule has 0 saturated heterocycles. The third-order valence-corrected chi connectivity index (χ3v) is 5.92. The maximum Gasteiger partial charge on any atom is 0.120 e. The second-order valence-electron chi connectivity index (χ2n) is 8.27. The zero-order chi connectivity index (χ0) is 20.1. The zero-order valence-electron chi connectivity index (χ0n) is 18.1. The van der Waals surface area contributed by atoms with Gasteiger partial charge in [0.25, 0.3) is 0 Å². The van der Waals surface area contributed by atoms with E-state index in [-0.39, 0.29) is 17.1 Å². The molecule has 2 aromatic rings. The average molecular weight is 369 g/mol. The fourth-order valence-electron chi connectivity index (χ4n) is 3.05. The van der Waals surface area contributed by atoms with Gasteiger partial charge in [0, 0.05) is 5.41 Å². The van der Waals surface area contributed by atoms with Crippen molar-refractivity contribution in [2.75, 3.05) is 0 Å². The van der Waals surface area contributed by atoms with Crippen molar-refractivity contribution in [2.45, 2.75) is 84.8 Å². The summed E-state index contributed by atoms with van der Waals surface area (Å²) < 4.78 is 12.1. The molecular formula is C25H36O2. The lowest BCUT2D eigenvalue weighted by atomic mass is 9.78. The van der Waals surface area contributed by atoms with Crippen LogP contribution >= 0.6 is 0 Å². The summed E-state index contributed by atoms with van der Waals surface area (Å²) in [6.07, 6.45) is 3.26. The van der Waals surface area contributed by atoms with Gasteiger partial charge in [0.15, 0.2) is 0 Å². The van der Waals surface area contributed by atoms with Crippen LogP contribution in [0.15, 0.2) is 48.5 Å². The summed E-state index contributed by atoms with van der Waals surface area (Å²) in [6.45, 7) is 15.3. The second-order valence-corrected chi connectivity index (χ2v) is 8.27. The van der Waals surface area contributed by atoms with Crippen LogP contribution in [-0.4, -0.2) is 11.7 Å². The Balaban J connectivity index is 2.16. The highest BCUT2D eigenvalue weighted by Gasteiger charge is 2.25. The summed E-state index contributed by atoms with van der Waals surface area (Å²) in [7, 11) is 0. The molecule has 148 valence electrons. The predicted octanol–water partition coefficient (Wildman–Crippen LogP) is 7.15. The lowest BCUT2D eigenvalue weighted by Gasteiger charge is -2.30. The van der Waals surface area contributed by atoms with Crippen molar-refractivity contribution in [1.82, 2.24) is 0 Å². The summed E-state index contributed by atoms with van der Waals surface area (Å²) in [5.41, 5.74) is 2.38. The fourth-order valence-corrected chi connectivity index (χ4v) is 3.05. The van der Waals surface area contributed by atoms with E-state index in [1.165, 1.54) is 11.1 Å². The summed E-state index contributed by atoms with van der Waals surface area (Å²) in [4.78, 5) is 0. The van der Waals surface area contributed by atoms with Crippen molar-refractivity contribution in [3.8, 4) is 11.5 Å². The lowest BCUT2D eigenvalue weighted by Crippen LogP contribution is -2.30. The third kappa shape index (κ3) is 5.28. The molecule has 27 heavy (non-hydrogen) atoms. The molecule has 0 amide bonds. The minimum Gasteiger partial charge on any atom is -0.491 e. The van der Waals surface area contributed by atoms with Crippen LogP contribution in [0.2, 0.25) is 0 Å². The Kier molecular flexibility index (Phi) is 6.97. The molecule has 2 aromatic carbocycles. The van der Waals surface area contributed by atoms with Crippen LogP contribution in [-0.2, 0) is 5.41 Å². The number of rotatable bonds is 9. The molecule has 0 saturated carbocycles. The normalized spacial score (nSPS) is 13.3. The van der Waals surface area contributed by atoms with Gasteiger partial charge in [0.2, 0.25) is 0 Å². The standard InChI is InChI=1S/C25H36O2/c1-8-19(4)26-22-15-11-20(12-16-22)24(5,6)21-13-17-23(18-14-21)27-25(7,9-2)10-3/h11-19H,8-10H2,1-7H3. The van der Waals surface area contributed by atoms with Gasteiger partial charge in [-0.15, -0.1) is 0 Å². The van der Waals surface area contributed by atoms with E-state index in [2.05, 4.69) is 97.0 Å². The zero-order valence-corrected chi connectivity index (χ0v) is 18.1. The molecular weight excluding hydrogens is 332 g/mol. The Hall–Kier alpha value is -1.96. The first-order valence-electron chi connectivity index (χ1n) is 10.3. The van der Waals surface area contributed by atoms with E-state index in [4.69, 9.17) is 9.47 Å². The van der Waals surface area contributed by atoms with E-state index in [1.807, 2.05) is 0 Å². The maximum absolute atomic E-state index is 6.22. The van der Waals surface area contributed by atoms with Crippen molar-refractivity contribution in [3.05, 3.63) is 59.7 Å². The molecule has 1 unspecified atom stereocenters. The molecule has 0 heterocycles. The molecule has 0 aliphatic carbocycles. The third-order valence-electron chi connectivity index (χ3n) is 5.92. The maximum atomic E-state index is 6.22. The van der Waals surface area contributed by atoms with E-state index >= 15 is 0 Å².